The molecular weight excluding hydrogens is 500 g/mol. The van der Waals surface area contributed by atoms with Gasteiger partial charge < -0.3 is 15.2 Å². The molecule has 0 spiro atoms. The third kappa shape index (κ3) is 6.60. The summed E-state index contributed by atoms with van der Waals surface area (Å²) in [5, 5.41) is 10.6. The molecule has 5 rings (SSSR count). The largest absolute Gasteiger partial charge is 0.351 e. The third-order valence-corrected chi connectivity index (χ3v) is 6.35. The molecule has 0 saturated carbocycles. The van der Waals surface area contributed by atoms with Crippen molar-refractivity contribution in [2.24, 2.45) is 0 Å². The van der Waals surface area contributed by atoms with E-state index < -0.39 is 0 Å². The molecule has 2 aromatic heterocycles. The zero-order chi connectivity index (χ0) is 27.7. The van der Waals surface area contributed by atoms with Crippen molar-refractivity contribution in [3.8, 4) is 16.9 Å². The Morgan fingerprint density at radius 1 is 0.925 bits per heavy atom. The standard InChI is InChI=1S/C32H30N6O2/c1-24-13-15-25(16-14-24)30-27(22-38(36-30)28-11-6-3-7-12-28)21-29(35-31(39)26-9-4-2-5-10-26)32(40)34-17-8-19-37-20-18-33-23-37/h2-7,9-16,18,20-23H,8,17,19H2,1H3,(H,34,40)(H,35,39)/b29-21-. The molecule has 0 aliphatic carbocycles. The molecule has 0 radical (unpaired) electrons. The minimum atomic E-state index is -0.378. The molecule has 40 heavy (non-hydrogen) atoms. The molecule has 200 valence electrons. The van der Waals surface area contributed by atoms with Crippen molar-refractivity contribution in [2.75, 3.05) is 6.54 Å². The number of hydrogen-bond acceptors (Lipinski definition) is 4. The Kier molecular flexibility index (Phi) is 8.26. The van der Waals surface area contributed by atoms with Crippen LogP contribution in [0, 0.1) is 6.92 Å². The quantitative estimate of drug-likeness (QED) is 0.196. The SMILES string of the molecule is Cc1ccc(-c2nn(-c3ccccc3)cc2/C=C(\NC(=O)c2ccccc2)C(=O)NCCCn2ccnc2)cc1. The van der Waals surface area contributed by atoms with Crippen LogP contribution in [-0.4, -0.2) is 37.7 Å². The van der Waals surface area contributed by atoms with Gasteiger partial charge in [0.2, 0.25) is 0 Å². The topological polar surface area (TPSA) is 93.8 Å². The summed E-state index contributed by atoms with van der Waals surface area (Å²) in [4.78, 5) is 30.5. The highest BCUT2D eigenvalue weighted by atomic mass is 16.2. The molecule has 0 aliphatic rings. The summed E-state index contributed by atoms with van der Waals surface area (Å²) >= 11 is 0. The van der Waals surface area contributed by atoms with E-state index in [4.69, 9.17) is 5.10 Å². The van der Waals surface area contributed by atoms with Crippen molar-refractivity contribution in [1.29, 1.82) is 0 Å². The Labute approximate surface area is 233 Å². The number of aryl methyl sites for hydroxylation is 2. The average molecular weight is 531 g/mol. The van der Waals surface area contributed by atoms with Crippen molar-refractivity contribution >= 4 is 17.9 Å². The van der Waals surface area contributed by atoms with Gasteiger partial charge in [0.1, 0.15) is 11.4 Å². The summed E-state index contributed by atoms with van der Waals surface area (Å²) in [5.41, 5.74) is 4.91. The van der Waals surface area contributed by atoms with E-state index in [0.29, 0.717) is 29.8 Å². The average Bonchev–Trinajstić information content (AvgIpc) is 3.67. The van der Waals surface area contributed by atoms with Gasteiger partial charge in [-0.3, -0.25) is 9.59 Å². The van der Waals surface area contributed by atoms with Gasteiger partial charge in [-0.15, -0.1) is 0 Å². The van der Waals surface area contributed by atoms with E-state index in [1.54, 1.807) is 47.5 Å². The fourth-order valence-corrected chi connectivity index (χ4v) is 4.22. The number of para-hydroxylation sites is 1. The second-order valence-corrected chi connectivity index (χ2v) is 9.37. The molecule has 0 fully saturated rings. The normalized spacial score (nSPS) is 11.3. The molecule has 8 heteroatoms. The number of imidazole rings is 1. The lowest BCUT2D eigenvalue weighted by molar-refractivity contribution is -0.117. The van der Waals surface area contributed by atoms with Gasteiger partial charge in [0.15, 0.2) is 0 Å². The van der Waals surface area contributed by atoms with Crippen molar-refractivity contribution in [2.45, 2.75) is 19.9 Å². The van der Waals surface area contributed by atoms with E-state index in [9.17, 15) is 9.59 Å². The minimum absolute atomic E-state index is 0.137. The number of aromatic nitrogens is 4. The molecular formula is C32H30N6O2. The first-order valence-electron chi connectivity index (χ1n) is 13.1. The van der Waals surface area contributed by atoms with Crippen LogP contribution in [0.2, 0.25) is 0 Å². The number of carbonyl (C=O) groups excluding carboxylic acids is 2. The smallest absolute Gasteiger partial charge is 0.267 e. The van der Waals surface area contributed by atoms with Crippen LogP contribution in [0.25, 0.3) is 23.0 Å². The van der Waals surface area contributed by atoms with Crippen LogP contribution in [0.15, 0.2) is 116 Å². The maximum absolute atomic E-state index is 13.4. The predicted molar refractivity (Wildman–Crippen MR) is 155 cm³/mol. The number of carbonyl (C=O) groups is 2. The first-order valence-corrected chi connectivity index (χ1v) is 13.1. The van der Waals surface area contributed by atoms with Crippen LogP contribution < -0.4 is 10.6 Å². The third-order valence-electron chi connectivity index (χ3n) is 6.35. The Balaban J connectivity index is 1.48. The monoisotopic (exact) mass is 530 g/mol. The summed E-state index contributed by atoms with van der Waals surface area (Å²) in [5.74, 6) is -0.745. The summed E-state index contributed by atoms with van der Waals surface area (Å²) in [6, 6.07) is 26.6. The van der Waals surface area contributed by atoms with Crippen molar-refractivity contribution < 1.29 is 9.59 Å². The number of nitrogens with one attached hydrogen (secondary N) is 2. The predicted octanol–water partition coefficient (Wildman–Crippen LogP) is 5.02. The highest BCUT2D eigenvalue weighted by molar-refractivity contribution is 6.05. The van der Waals surface area contributed by atoms with E-state index in [2.05, 4.69) is 15.6 Å². The van der Waals surface area contributed by atoms with Crippen molar-refractivity contribution in [1.82, 2.24) is 30.0 Å². The summed E-state index contributed by atoms with van der Waals surface area (Å²) in [7, 11) is 0. The van der Waals surface area contributed by atoms with Gasteiger partial charge in [0.05, 0.1) is 12.0 Å². The van der Waals surface area contributed by atoms with E-state index >= 15 is 0 Å². The number of amides is 2. The minimum Gasteiger partial charge on any atom is -0.351 e. The summed E-state index contributed by atoms with van der Waals surface area (Å²) < 4.78 is 3.73. The molecule has 5 aromatic rings. The van der Waals surface area contributed by atoms with Gasteiger partial charge >= 0.3 is 0 Å². The molecule has 0 aliphatic heterocycles. The molecule has 0 bridgehead atoms. The Hall–Kier alpha value is -5.24. The lowest BCUT2D eigenvalue weighted by Crippen LogP contribution is -2.35. The number of nitrogens with zero attached hydrogens (tertiary/aromatic N) is 4. The van der Waals surface area contributed by atoms with E-state index in [1.165, 1.54) is 0 Å². The number of rotatable bonds is 10. The maximum Gasteiger partial charge on any atom is 0.267 e. The molecule has 2 N–H and O–H groups in total. The lowest BCUT2D eigenvalue weighted by atomic mass is 10.1. The van der Waals surface area contributed by atoms with Gasteiger partial charge in [-0.2, -0.15) is 5.10 Å². The summed E-state index contributed by atoms with van der Waals surface area (Å²) in [6.45, 7) is 3.18. The van der Waals surface area contributed by atoms with Gasteiger partial charge in [-0.25, -0.2) is 9.67 Å². The summed E-state index contributed by atoms with van der Waals surface area (Å²) in [6.07, 6.45) is 9.61. The Morgan fingerprint density at radius 3 is 2.35 bits per heavy atom. The van der Waals surface area contributed by atoms with Crippen molar-refractivity contribution in [3.63, 3.8) is 0 Å². The van der Waals surface area contributed by atoms with Gasteiger partial charge in [0, 0.05) is 48.4 Å². The van der Waals surface area contributed by atoms with Crippen LogP contribution in [-0.2, 0) is 11.3 Å². The zero-order valence-corrected chi connectivity index (χ0v) is 22.2. The van der Waals surface area contributed by atoms with Crippen LogP contribution in [0.3, 0.4) is 0 Å². The Bertz CT molecular complexity index is 1590. The van der Waals surface area contributed by atoms with Crippen LogP contribution in [0.1, 0.15) is 27.9 Å². The molecule has 8 nitrogen and oxygen atoms in total. The zero-order valence-electron chi connectivity index (χ0n) is 22.2. The van der Waals surface area contributed by atoms with Gasteiger partial charge in [-0.1, -0.05) is 66.2 Å². The fourth-order valence-electron chi connectivity index (χ4n) is 4.22. The van der Waals surface area contributed by atoms with Crippen LogP contribution in [0.4, 0.5) is 0 Å². The molecule has 0 saturated heterocycles. The van der Waals surface area contributed by atoms with Crippen LogP contribution >= 0.6 is 0 Å². The molecule has 2 heterocycles. The number of benzene rings is 3. The molecule has 0 atom stereocenters. The fraction of sp³-hybridized carbons (Fsp3) is 0.125. The Morgan fingerprint density at radius 2 is 1.65 bits per heavy atom. The number of hydrogen-bond donors (Lipinski definition) is 2. The van der Waals surface area contributed by atoms with E-state index in [0.717, 1.165) is 23.4 Å². The molecule has 3 aromatic carbocycles. The van der Waals surface area contributed by atoms with E-state index in [1.807, 2.05) is 84.5 Å². The second-order valence-electron chi connectivity index (χ2n) is 9.37. The second kappa shape index (κ2) is 12.5. The highest BCUT2D eigenvalue weighted by Crippen LogP contribution is 2.26. The molecule has 2 amide bonds. The van der Waals surface area contributed by atoms with Crippen LogP contribution in [0.5, 0.6) is 0 Å². The maximum atomic E-state index is 13.4. The van der Waals surface area contributed by atoms with Crippen molar-refractivity contribution in [3.05, 3.63) is 132 Å². The first-order chi connectivity index (χ1) is 19.6. The van der Waals surface area contributed by atoms with E-state index in [-0.39, 0.29) is 17.5 Å². The lowest BCUT2D eigenvalue weighted by Gasteiger charge is -2.11. The first kappa shape index (κ1) is 26.4. The van der Waals surface area contributed by atoms with Gasteiger partial charge in [-0.05, 0) is 43.7 Å². The van der Waals surface area contributed by atoms with Gasteiger partial charge in [0.25, 0.3) is 11.8 Å². The highest BCUT2D eigenvalue weighted by Gasteiger charge is 2.18. The molecule has 0 unspecified atom stereocenters.